The van der Waals surface area contributed by atoms with Crippen molar-refractivity contribution in [3.05, 3.63) is 35.4 Å². The fourth-order valence-electron chi connectivity index (χ4n) is 5.97. The maximum atomic E-state index is 12.4. The van der Waals surface area contributed by atoms with Crippen molar-refractivity contribution in [3.8, 4) is 0 Å². The van der Waals surface area contributed by atoms with Gasteiger partial charge in [-0.15, -0.1) is 0 Å². The second-order valence-electron chi connectivity index (χ2n) is 11.3. The Morgan fingerprint density at radius 2 is 1.77 bits per heavy atom. The molecule has 3 fully saturated rings. The monoisotopic (exact) mass is 412 g/mol. The van der Waals surface area contributed by atoms with Gasteiger partial charge >= 0.3 is 6.09 Å². The van der Waals surface area contributed by atoms with Gasteiger partial charge < -0.3 is 9.64 Å². The van der Waals surface area contributed by atoms with E-state index in [1.807, 2.05) is 25.7 Å². The molecule has 0 unspecified atom stereocenters. The summed E-state index contributed by atoms with van der Waals surface area (Å²) in [5.74, 6) is 1.27. The van der Waals surface area contributed by atoms with E-state index >= 15 is 0 Å². The highest BCUT2D eigenvalue weighted by Gasteiger charge is 2.50. The Balaban J connectivity index is 1.35. The normalized spacial score (nSPS) is 26.8. The number of carbonyl (C=O) groups is 1. The smallest absolute Gasteiger partial charge is 0.410 e. The number of piperidine rings is 1. The minimum Gasteiger partial charge on any atom is -0.444 e. The Hall–Kier alpha value is -1.55. The van der Waals surface area contributed by atoms with Gasteiger partial charge in [-0.2, -0.15) is 0 Å². The molecule has 1 spiro atoms. The lowest BCUT2D eigenvalue weighted by molar-refractivity contribution is -0.0727. The van der Waals surface area contributed by atoms with Gasteiger partial charge in [-0.25, -0.2) is 4.79 Å². The summed E-state index contributed by atoms with van der Waals surface area (Å²) in [6.07, 6.45) is 6.08. The highest BCUT2D eigenvalue weighted by molar-refractivity contribution is 5.68. The van der Waals surface area contributed by atoms with Gasteiger partial charge in [0.1, 0.15) is 5.60 Å². The fourth-order valence-corrected chi connectivity index (χ4v) is 5.97. The SMILES string of the molecule is CC(C)c1ccccc1[C@@H]1CCC[C@@H]1N1CC2(CCN(C(=O)OC(C)(C)C)CC2)C1. The van der Waals surface area contributed by atoms with Crippen molar-refractivity contribution in [2.75, 3.05) is 26.2 Å². The summed E-state index contributed by atoms with van der Waals surface area (Å²) in [6, 6.07) is 9.83. The van der Waals surface area contributed by atoms with Gasteiger partial charge in [0.25, 0.3) is 0 Å². The molecule has 2 aliphatic heterocycles. The molecule has 4 nitrogen and oxygen atoms in total. The third-order valence-corrected chi connectivity index (χ3v) is 7.52. The van der Waals surface area contributed by atoms with Crippen molar-refractivity contribution in [1.82, 2.24) is 9.80 Å². The maximum Gasteiger partial charge on any atom is 0.410 e. The molecule has 1 aromatic rings. The first-order valence-electron chi connectivity index (χ1n) is 12.0. The van der Waals surface area contributed by atoms with Crippen LogP contribution < -0.4 is 0 Å². The lowest BCUT2D eigenvalue weighted by Crippen LogP contribution is -2.63. The summed E-state index contributed by atoms with van der Waals surface area (Å²) < 4.78 is 5.57. The molecule has 1 aliphatic carbocycles. The van der Waals surface area contributed by atoms with E-state index in [2.05, 4.69) is 43.0 Å². The molecule has 0 N–H and O–H groups in total. The van der Waals surface area contributed by atoms with E-state index in [0.717, 1.165) is 25.9 Å². The van der Waals surface area contributed by atoms with Crippen LogP contribution in [-0.4, -0.2) is 53.7 Å². The second-order valence-corrected chi connectivity index (χ2v) is 11.3. The van der Waals surface area contributed by atoms with Crippen molar-refractivity contribution in [1.29, 1.82) is 0 Å². The topological polar surface area (TPSA) is 32.8 Å². The number of ether oxygens (including phenoxy) is 1. The van der Waals surface area contributed by atoms with Crippen molar-refractivity contribution >= 4 is 6.09 Å². The van der Waals surface area contributed by atoms with Gasteiger partial charge in [0.05, 0.1) is 0 Å². The molecule has 2 atom stereocenters. The standard InChI is InChI=1S/C26H40N2O2/c1-19(2)20-9-6-7-10-21(20)22-11-8-12-23(22)28-17-26(18-28)13-15-27(16-14-26)24(29)30-25(3,4)5/h6-7,9-10,19,22-23H,8,11-18H2,1-5H3/t22-,23-/m0/s1. The molecule has 1 amide bonds. The van der Waals surface area contributed by atoms with Crippen LogP contribution in [0, 0.1) is 5.41 Å². The molecule has 0 aromatic heterocycles. The van der Waals surface area contributed by atoms with Crippen LogP contribution in [0.4, 0.5) is 4.79 Å². The summed E-state index contributed by atoms with van der Waals surface area (Å²) in [7, 11) is 0. The largest absolute Gasteiger partial charge is 0.444 e. The Morgan fingerprint density at radius 3 is 2.40 bits per heavy atom. The third-order valence-electron chi connectivity index (χ3n) is 7.52. The van der Waals surface area contributed by atoms with Crippen molar-refractivity contribution < 1.29 is 9.53 Å². The number of hydrogen-bond acceptors (Lipinski definition) is 3. The summed E-state index contributed by atoms with van der Waals surface area (Å²) in [6.45, 7) is 14.6. The Kier molecular flexibility index (Phi) is 5.91. The highest BCUT2D eigenvalue weighted by atomic mass is 16.6. The molecule has 4 heteroatoms. The van der Waals surface area contributed by atoms with Crippen molar-refractivity contribution in [2.45, 2.75) is 90.2 Å². The molecule has 1 aromatic carbocycles. The zero-order valence-electron chi connectivity index (χ0n) is 19.6. The van der Waals surface area contributed by atoms with E-state index in [1.165, 1.54) is 37.9 Å². The lowest BCUT2D eigenvalue weighted by atomic mass is 9.70. The maximum absolute atomic E-state index is 12.4. The van der Waals surface area contributed by atoms with E-state index < -0.39 is 5.60 Å². The molecule has 0 bridgehead atoms. The third kappa shape index (κ3) is 4.39. The summed E-state index contributed by atoms with van der Waals surface area (Å²) in [5.41, 5.74) is 3.14. The predicted octanol–water partition coefficient (Wildman–Crippen LogP) is 5.78. The van der Waals surface area contributed by atoms with Crippen LogP contribution in [0.5, 0.6) is 0 Å². The predicted molar refractivity (Wildman–Crippen MR) is 122 cm³/mol. The number of nitrogens with zero attached hydrogens (tertiary/aromatic N) is 2. The number of likely N-dealkylation sites (tertiary alicyclic amines) is 2. The van der Waals surface area contributed by atoms with E-state index in [0.29, 0.717) is 23.3 Å². The molecule has 2 saturated heterocycles. The first-order valence-corrected chi connectivity index (χ1v) is 12.0. The van der Waals surface area contributed by atoms with Crippen LogP contribution in [0.1, 0.15) is 89.7 Å². The molecule has 4 rings (SSSR count). The number of benzene rings is 1. The summed E-state index contributed by atoms with van der Waals surface area (Å²) in [4.78, 5) is 17.1. The van der Waals surface area contributed by atoms with E-state index in [-0.39, 0.29) is 6.09 Å². The van der Waals surface area contributed by atoms with Gasteiger partial charge in [0.2, 0.25) is 0 Å². The van der Waals surface area contributed by atoms with Gasteiger partial charge in [0, 0.05) is 32.2 Å². The second kappa shape index (κ2) is 8.18. The quantitative estimate of drug-likeness (QED) is 0.631. The molecule has 1 saturated carbocycles. The van der Waals surface area contributed by atoms with Crippen LogP contribution in [-0.2, 0) is 4.74 Å². The van der Waals surface area contributed by atoms with Crippen LogP contribution in [0.25, 0.3) is 0 Å². The number of amides is 1. The van der Waals surface area contributed by atoms with Gasteiger partial charge in [0.15, 0.2) is 0 Å². The number of hydrogen-bond donors (Lipinski definition) is 0. The Bertz CT molecular complexity index is 751. The van der Waals surface area contributed by atoms with Crippen molar-refractivity contribution in [2.24, 2.45) is 5.41 Å². The molecule has 0 radical (unpaired) electrons. The van der Waals surface area contributed by atoms with Gasteiger partial charge in [-0.05, 0) is 74.8 Å². The number of rotatable bonds is 3. The van der Waals surface area contributed by atoms with Crippen LogP contribution >= 0.6 is 0 Å². The molecule has 3 aliphatic rings. The van der Waals surface area contributed by atoms with Crippen LogP contribution in [0.15, 0.2) is 24.3 Å². The molecular formula is C26H40N2O2. The van der Waals surface area contributed by atoms with Crippen LogP contribution in [0.3, 0.4) is 0 Å². The first-order chi connectivity index (χ1) is 14.2. The average Bonchev–Trinajstić information content (AvgIpc) is 3.14. The lowest BCUT2D eigenvalue weighted by Gasteiger charge is -2.57. The molecular weight excluding hydrogens is 372 g/mol. The van der Waals surface area contributed by atoms with E-state index in [9.17, 15) is 4.79 Å². The molecule has 2 heterocycles. The highest BCUT2D eigenvalue weighted by Crippen LogP contribution is 2.48. The van der Waals surface area contributed by atoms with Gasteiger partial charge in [-0.1, -0.05) is 44.5 Å². The molecule has 30 heavy (non-hydrogen) atoms. The number of carbonyl (C=O) groups excluding carboxylic acids is 1. The average molecular weight is 413 g/mol. The van der Waals surface area contributed by atoms with Crippen molar-refractivity contribution in [3.63, 3.8) is 0 Å². The molecule has 166 valence electrons. The van der Waals surface area contributed by atoms with Crippen LogP contribution in [0.2, 0.25) is 0 Å². The summed E-state index contributed by atoms with van der Waals surface area (Å²) in [5, 5.41) is 0. The van der Waals surface area contributed by atoms with E-state index in [4.69, 9.17) is 4.74 Å². The zero-order chi connectivity index (χ0) is 21.5. The minimum atomic E-state index is -0.413. The van der Waals surface area contributed by atoms with Gasteiger partial charge in [-0.3, -0.25) is 4.90 Å². The first kappa shape index (κ1) is 21.7. The Morgan fingerprint density at radius 1 is 1.10 bits per heavy atom. The van der Waals surface area contributed by atoms with E-state index in [1.54, 1.807) is 5.56 Å². The summed E-state index contributed by atoms with van der Waals surface area (Å²) >= 11 is 0. The zero-order valence-corrected chi connectivity index (χ0v) is 19.6. The minimum absolute atomic E-state index is 0.144. The fraction of sp³-hybridized carbons (Fsp3) is 0.731. The Labute approximate surface area is 183 Å².